The molecule has 0 N–H and O–H groups in total. The zero-order valence-corrected chi connectivity index (χ0v) is 17.6. The van der Waals surface area contributed by atoms with Crippen LogP contribution in [0.1, 0.15) is 19.2 Å². The van der Waals surface area contributed by atoms with Crippen molar-refractivity contribution in [2.45, 2.75) is 0 Å². The van der Waals surface area contributed by atoms with Crippen LogP contribution in [0.5, 0.6) is 0 Å². The van der Waals surface area contributed by atoms with Crippen LogP contribution in [0.3, 0.4) is 0 Å². The van der Waals surface area contributed by atoms with Gasteiger partial charge in [-0.3, -0.25) is 0 Å². The topological polar surface area (TPSA) is 0 Å². The van der Waals surface area contributed by atoms with Gasteiger partial charge >= 0.3 is 0 Å². The lowest BCUT2D eigenvalue weighted by Crippen LogP contribution is -1.91. The molecule has 0 radical (unpaired) electrons. The first-order chi connectivity index (χ1) is 22.7. The molecule has 0 amide bonds. The van der Waals surface area contributed by atoms with E-state index in [4.69, 9.17) is 17.8 Å². The minimum Gasteiger partial charge on any atom is -0.0616 e. The van der Waals surface area contributed by atoms with Gasteiger partial charge in [-0.05, 0) is 71.4 Å². The van der Waals surface area contributed by atoms with Crippen molar-refractivity contribution in [2.75, 3.05) is 0 Å². The second-order valence-electron chi connectivity index (χ2n) is 7.84. The minimum atomic E-state index is -0.573. The van der Waals surface area contributed by atoms with Gasteiger partial charge in [0, 0.05) is 0 Å². The summed E-state index contributed by atoms with van der Waals surface area (Å²) in [6.45, 7) is 0. The smallest absolute Gasteiger partial charge is 0.0616 e. The lowest BCUT2D eigenvalue weighted by atomic mass is 9.84. The number of benzene rings is 7. The van der Waals surface area contributed by atoms with Crippen molar-refractivity contribution in [3.8, 4) is 22.3 Å². The highest BCUT2D eigenvalue weighted by molar-refractivity contribution is 6.23. The number of rotatable bonds is 2. The van der Waals surface area contributed by atoms with Gasteiger partial charge in [0.15, 0.2) is 0 Å². The molecule has 0 nitrogen and oxygen atoms in total. The van der Waals surface area contributed by atoms with Crippen molar-refractivity contribution in [1.29, 1.82) is 0 Å². The summed E-state index contributed by atoms with van der Waals surface area (Å²) < 4.78 is 121. The third-order valence-electron chi connectivity index (χ3n) is 5.99. The Morgan fingerprint density at radius 3 is 1.68 bits per heavy atom. The Balaban J connectivity index is 1.76. The molecule has 0 heteroatoms. The summed E-state index contributed by atoms with van der Waals surface area (Å²) in [5, 5.41) is 1.02. The third-order valence-corrected chi connectivity index (χ3v) is 5.99. The van der Waals surface area contributed by atoms with E-state index in [-0.39, 0.29) is 38.7 Å². The van der Waals surface area contributed by atoms with Gasteiger partial charge in [-0.1, -0.05) is 127 Å². The van der Waals surface area contributed by atoms with Crippen molar-refractivity contribution in [3.63, 3.8) is 0 Å². The Kier molecular flexibility index (Phi) is 2.19. The fourth-order valence-corrected chi connectivity index (χ4v) is 4.57. The first-order valence-electron chi connectivity index (χ1n) is 17.7. The largest absolute Gasteiger partial charge is 0.0636 e. The molecular formula is C34H22. The first kappa shape index (κ1) is 9.83. The molecule has 0 bridgehead atoms. The second kappa shape index (κ2) is 7.57. The van der Waals surface area contributed by atoms with Gasteiger partial charge in [0.05, 0.1) is 19.2 Å². The van der Waals surface area contributed by atoms with Gasteiger partial charge in [0.1, 0.15) is 0 Å². The molecule has 0 fully saturated rings. The molecule has 0 unspecified atom stereocenters. The Morgan fingerprint density at radius 2 is 0.971 bits per heavy atom. The first-order valence-corrected chi connectivity index (χ1v) is 10.7. The van der Waals surface area contributed by atoms with Crippen molar-refractivity contribution >= 4 is 43.1 Å². The summed E-state index contributed by atoms with van der Waals surface area (Å²) in [7, 11) is 0. The molecule has 0 atom stereocenters. The average molecular weight is 445 g/mol. The van der Waals surface area contributed by atoms with Crippen molar-refractivity contribution in [1.82, 2.24) is 0 Å². The van der Waals surface area contributed by atoms with E-state index in [1.165, 1.54) is 0 Å². The molecular weight excluding hydrogens is 408 g/mol. The molecule has 7 aromatic rings. The molecule has 0 aliphatic rings. The van der Waals surface area contributed by atoms with Crippen molar-refractivity contribution in [2.24, 2.45) is 0 Å². The van der Waals surface area contributed by atoms with Crippen LogP contribution in [0.2, 0.25) is 0 Å². The third kappa shape index (κ3) is 2.86. The van der Waals surface area contributed by atoms with E-state index in [1.54, 1.807) is 48.5 Å². The quantitative estimate of drug-likeness (QED) is 0.233. The molecule has 0 aliphatic heterocycles. The van der Waals surface area contributed by atoms with Gasteiger partial charge < -0.3 is 0 Å². The predicted octanol–water partition coefficient (Wildman–Crippen LogP) is 9.63. The molecule has 34 heavy (non-hydrogen) atoms. The maximum absolute atomic E-state index is 9.27. The number of fused-ring (bicyclic) bond motifs is 4. The van der Waals surface area contributed by atoms with E-state index >= 15 is 0 Å². The van der Waals surface area contributed by atoms with Crippen LogP contribution in [0.4, 0.5) is 0 Å². The highest BCUT2D eigenvalue weighted by Gasteiger charge is 2.17. The summed E-state index contributed by atoms with van der Waals surface area (Å²) in [6.07, 6.45) is 0. The summed E-state index contributed by atoms with van der Waals surface area (Å²) in [6, 6.07) is 6.69. The molecule has 0 saturated heterocycles. The minimum absolute atomic E-state index is 0.0166. The highest BCUT2D eigenvalue weighted by Crippen LogP contribution is 2.45. The molecule has 0 aromatic heterocycles. The van der Waals surface area contributed by atoms with Crippen LogP contribution in [-0.4, -0.2) is 0 Å². The zero-order valence-electron chi connectivity index (χ0n) is 31.6. The Hall–Kier alpha value is -4.42. The van der Waals surface area contributed by atoms with Crippen molar-refractivity contribution in [3.05, 3.63) is 133 Å². The average Bonchev–Trinajstić information content (AvgIpc) is 3.08. The monoisotopic (exact) mass is 444 g/mol. The highest BCUT2D eigenvalue weighted by atomic mass is 14.2. The Bertz CT molecular complexity index is 2540. The lowest BCUT2D eigenvalue weighted by Gasteiger charge is -2.19. The van der Waals surface area contributed by atoms with Gasteiger partial charge in [0.2, 0.25) is 0 Å². The molecule has 7 rings (SSSR count). The van der Waals surface area contributed by atoms with E-state index in [2.05, 4.69) is 0 Å². The summed E-state index contributed by atoms with van der Waals surface area (Å²) in [5.74, 6) is 0. The van der Waals surface area contributed by atoms with Crippen LogP contribution >= 0.6 is 0 Å². The van der Waals surface area contributed by atoms with E-state index in [1.807, 2.05) is 0 Å². The van der Waals surface area contributed by atoms with E-state index in [9.17, 15) is 1.37 Å². The molecule has 0 heterocycles. The predicted molar refractivity (Wildman–Crippen MR) is 147 cm³/mol. The fraction of sp³-hybridized carbons (Fsp3) is 0. The Labute approximate surface area is 218 Å². The van der Waals surface area contributed by atoms with Crippen LogP contribution in [0.25, 0.3) is 65.3 Å². The Morgan fingerprint density at radius 1 is 0.412 bits per heavy atom. The van der Waals surface area contributed by atoms with Gasteiger partial charge in [-0.25, -0.2) is 0 Å². The molecule has 7 aromatic carbocycles. The second-order valence-corrected chi connectivity index (χ2v) is 7.84. The van der Waals surface area contributed by atoms with Gasteiger partial charge in [0.25, 0.3) is 0 Å². The molecule has 158 valence electrons. The van der Waals surface area contributed by atoms with Crippen LogP contribution in [0, 0.1) is 0 Å². The number of hydrogen-bond acceptors (Lipinski definition) is 0. The maximum atomic E-state index is 9.27. The summed E-state index contributed by atoms with van der Waals surface area (Å²) in [4.78, 5) is 0. The maximum Gasteiger partial charge on any atom is 0.0636 e. The zero-order chi connectivity index (χ0) is 34.7. The van der Waals surface area contributed by atoms with E-state index < -0.39 is 78.6 Å². The fourth-order valence-electron chi connectivity index (χ4n) is 4.57. The van der Waals surface area contributed by atoms with Crippen molar-refractivity contribution < 1.29 is 19.2 Å². The molecule has 0 spiro atoms. The number of hydrogen-bond donors (Lipinski definition) is 0. The van der Waals surface area contributed by atoms with Crippen LogP contribution < -0.4 is 0 Å². The summed E-state index contributed by atoms with van der Waals surface area (Å²) >= 11 is 0. The van der Waals surface area contributed by atoms with Gasteiger partial charge in [-0.15, -0.1) is 0 Å². The van der Waals surface area contributed by atoms with E-state index in [0.29, 0.717) is 32.7 Å². The summed E-state index contributed by atoms with van der Waals surface area (Å²) in [5.41, 5.74) is 0.633. The van der Waals surface area contributed by atoms with Crippen LogP contribution in [-0.2, 0) is 0 Å². The molecule has 0 aliphatic carbocycles. The SMILES string of the molecule is [2H]c1c([2H])c([2H])c2c([2H])c(-c3c4ccccc4c(-c4c([2H])c([2H])c([2H])c5c([2H])c([2H])c([2H])c([2H])c45)c4ccccc34)c([2H])c([2H])c2c1[2H]. The van der Waals surface area contributed by atoms with E-state index in [0.717, 1.165) is 0 Å². The normalized spacial score (nSPS) is 17.3. The standard InChI is InChI=1S/C34H22/c1-2-12-25-22-26(21-20-23(25)10-1)33-29-15-5-7-17-31(29)34(32-18-8-6-16-30(32)33)28-19-9-13-24-11-3-4-14-27(24)28/h1-22H/i1D,2D,3D,4D,9D,10D,11D,12D,13D,14D,19D,20D,21D,22D. The van der Waals surface area contributed by atoms with Gasteiger partial charge in [-0.2, -0.15) is 0 Å². The van der Waals surface area contributed by atoms with Crippen LogP contribution in [0.15, 0.2) is 133 Å². The lowest BCUT2D eigenvalue weighted by molar-refractivity contribution is 1.68. The molecule has 0 saturated carbocycles.